The van der Waals surface area contributed by atoms with Gasteiger partial charge in [-0.15, -0.1) is 0 Å². The van der Waals surface area contributed by atoms with E-state index >= 15 is 0 Å². The molecular weight excluding hydrogens is 324 g/mol. The number of benzene rings is 2. The maximum atomic E-state index is 12.1. The molecule has 0 saturated carbocycles. The summed E-state index contributed by atoms with van der Waals surface area (Å²) in [7, 11) is 0. The summed E-state index contributed by atoms with van der Waals surface area (Å²) in [5.74, 6) is 0. The summed E-state index contributed by atoms with van der Waals surface area (Å²) in [6.45, 7) is 6.99. The van der Waals surface area contributed by atoms with Gasteiger partial charge in [-0.1, -0.05) is 48.0 Å². The van der Waals surface area contributed by atoms with Crippen molar-refractivity contribution in [3.8, 4) is 5.69 Å². The van der Waals surface area contributed by atoms with Crippen LogP contribution >= 0.6 is 0 Å². The molecule has 5 nitrogen and oxygen atoms in total. The van der Waals surface area contributed by atoms with Crippen molar-refractivity contribution in [3.05, 3.63) is 82.7 Å². The molecule has 0 atom stereocenters. The van der Waals surface area contributed by atoms with Crippen LogP contribution in [-0.2, 0) is 13.1 Å². The van der Waals surface area contributed by atoms with Crippen LogP contribution in [0.25, 0.3) is 5.69 Å². The largest absolute Gasteiger partial charge is 0.334 e. The maximum absolute atomic E-state index is 12.1. The van der Waals surface area contributed by atoms with E-state index in [1.54, 1.807) is 0 Å². The molecule has 2 aromatic carbocycles. The summed E-state index contributed by atoms with van der Waals surface area (Å²) in [6.07, 6.45) is 0. The van der Waals surface area contributed by atoms with Crippen molar-refractivity contribution in [2.24, 2.45) is 0 Å². The average molecular weight is 348 g/mol. The van der Waals surface area contributed by atoms with Gasteiger partial charge in [-0.25, -0.2) is 9.48 Å². The number of amides is 2. The first kappa shape index (κ1) is 17.7. The summed E-state index contributed by atoms with van der Waals surface area (Å²) in [5.41, 5.74) is 6.29. The van der Waals surface area contributed by atoms with E-state index in [0.717, 1.165) is 28.2 Å². The van der Waals surface area contributed by atoms with Crippen molar-refractivity contribution in [1.29, 1.82) is 0 Å². The van der Waals surface area contributed by atoms with E-state index in [1.165, 1.54) is 5.56 Å². The lowest BCUT2D eigenvalue weighted by Crippen LogP contribution is -2.34. The van der Waals surface area contributed by atoms with Crippen LogP contribution in [0.2, 0.25) is 0 Å². The Balaban J connectivity index is 1.61. The molecule has 0 unspecified atom stereocenters. The van der Waals surface area contributed by atoms with Crippen LogP contribution in [0.15, 0.2) is 54.6 Å². The van der Waals surface area contributed by atoms with Gasteiger partial charge < -0.3 is 10.6 Å². The molecule has 0 saturated heterocycles. The highest BCUT2D eigenvalue weighted by Gasteiger charge is 2.13. The number of nitrogens with one attached hydrogen (secondary N) is 2. The second-order valence-electron chi connectivity index (χ2n) is 6.42. The number of carbonyl (C=O) groups excluding carboxylic acids is 1. The molecule has 2 amide bonds. The lowest BCUT2D eigenvalue weighted by Gasteiger charge is -2.09. The molecule has 0 aliphatic heterocycles. The number of hydrogen-bond donors (Lipinski definition) is 2. The van der Waals surface area contributed by atoms with E-state index in [-0.39, 0.29) is 6.03 Å². The Morgan fingerprint density at radius 1 is 0.962 bits per heavy atom. The number of urea groups is 1. The second-order valence-corrected chi connectivity index (χ2v) is 6.42. The maximum Gasteiger partial charge on any atom is 0.315 e. The SMILES string of the molecule is Cc1cccc(CNC(=O)NCc2c(C)nn(-c3ccccc3)c2C)c1. The Bertz CT molecular complexity index is 900. The molecule has 0 bridgehead atoms. The first-order valence-corrected chi connectivity index (χ1v) is 8.72. The molecule has 0 aliphatic carbocycles. The molecule has 0 fully saturated rings. The van der Waals surface area contributed by atoms with Gasteiger partial charge in [0.2, 0.25) is 0 Å². The van der Waals surface area contributed by atoms with Crippen LogP contribution in [0, 0.1) is 20.8 Å². The van der Waals surface area contributed by atoms with E-state index in [2.05, 4.69) is 21.8 Å². The number of para-hydroxylation sites is 1. The Morgan fingerprint density at radius 2 is 1.69 bits per heavy atom. The van der Waals surface area contributed by atoms with Gasteiger partial charge in [0.05, 0.1) is 11.4 Å². The highest BCUT2D eigenvalue weighted by molar-refractivity contribution is 5.73. The van der Waals surface area contributed by atoms with Gasteiger partial charge in [0.1, 0.15) is 0 Å². The van der Waals surface area contributed by atoms with Gasteiger partial charge in [0.15, 0.2) is 0 Å². The number of rotatable bonds is 5. The van der Waals surface area contributed by atoms with Crippen molar-refractivity contribution < 1.29 is 4.79 Å². The topological polar surface area (TPSA) is 59.0 Å². The molecule has 0 radical (unpaired) electrons. The van der Waals surface area contributed by atoms with Gasteiger partial charge >= 0.3 is 6.03 Å². The number of carbonyl (C=O) groups is 1. The highest BCUT2D eigenvalue weighted by Crippen LogP contribution is 2.17. The van der Waals surface area contributed by atoms with Gasteiger partial charge in [0, 0.05) is 24.3 Å². The number of aryl methyl sites for hydroxylation is 2. The van der Waals surface area contributed by atoms with Crippen LogP contribution in [0.4, 0.5) is 4.79 Å². The minimum absolute atomic E-state index is 0.183. The van der Waals surface area contributed by atoms with E-state index < -0.39 is 0 Å². The molecule has 0 spiro atoms. The molecule has 2 N–H and O–H groups in total. The van der Waals surface area contributed by atoms with E-state index in [1.807, 2.05) is 74.0 Å². The molecule has 3 rings (SSSR count). The first-order chi connectivity index (χ1) is 12.5. The minimum atomic E-state index is -0.183. The van der Waals surface area contributed by atoms with Crippen molar-refractivity contribution in [2.75, 3.05) is 0 Å². The lowest BCUT2D eigenvalue weighted by atomic mass is 10.1. The second kappa shape index (κ2) is 7.87. The highest BCUT2D eigenvalue weighted by atomic mass is 16.2. The van der Waals surface area contributed by atoms with Crippen LogP contribution in [0.5, 0.6) is 0 Å². The summed E-state index contributed by atoms with van der Waals surface area (Å²) in [4.78, 5) is 12.1. The smallest absolute Gasteiger partial charge is 0.315 e. The fraction of sp³-hybridized carbons (Fsp3) is 0.238. The van der Waals surface area contributed by atoms with Crippen LogP contribution in [-0.4, -0.2) is 15.8 Å². The molecule has 3 aromatic rings. The van der Waals surface area contributed by atoms with Gasteiger partial charge in [0.25, 0.3) is 0 Å². The molecule has 134 valence electrons. The van der Waals surface area contributed by atoms with E-state index in [4.69, 9.17) is 0 Å². The number of nitrogens with zero attached hydrogens (tertiary/aromatic N) is 2. The molecule has 0 aliphatic rings. The summed E-state index contributed by atoms with van der Waals surface area (Å²) >= 11 is 0. The summed E-state index contributed by atoms with van der Waals surface area (Å²) in [5, 5.41) is 10.4. The molecular formula is C21H24N4O. The number of hydrogen-bond acceptors (Lipinski definition) is 2. The molecule has 1 heterocycles. The number of aromatic nitrogens is 2. The fourth-order valence-corrected chi connectivity index (χ4v) is 2.99. The third-order valence-corrected chi connectivity index (χ3v) is 4.40. The fourth-order valence-electron chi connectivity index (χ4n) is 2.99. The van der Waals surface area contributed by atoms with Gasteiger partial charge in [-0.2, -0.15) is 5.10 Å². The van der Waals surface area contributed by atoms with Crippen molar-refractivity contribution in [2.45, 2.75) is 33.9 Å². The van der Waals surface area contributed by atoms with Crippen LogP contribution in [0.1, 0.15) is 28.1 Å². The molecule has 26 heavy (non-hydrogen) atoms. The zero-order valence-corrected chi connectivity index (χ0v) is 15.4. The third kappa shape index (κ3) is 4.11. The Morgan fingerprint density at radius 3 is 2.42 bits per heavy atom. The zero-order chi connectivity index (χ0) is 18.5. The zero-order valence-electron chi connectivity index (χ0n) is 15.4. The standard InChI is InChI=1S/C21H24N4O/c1-15-8-7-9-18(12-15)13-22-21(26)23-14-20-16(2)24-25(17(20)3)19-10-5-4-6-11-19/h4-12H,13-14H2,1-3H3,(H2,22,23,26). The predicted molar refractivity (Wildman–Crippen MR) is 103 cm³/mol. The van der Waals surface area contributed by atoms with E-state index in [9.17, 15) is 4.79 Å². The average Bonchev–Trinajstić information content (AvgIpc) is 2.93. The third-order valence-electron chi connectivity index (χ3n) is 4.40. The van der Waals surface area contributed by atoms with Crippen LogP contribution < -0.4 is 10.6 Å². The predicted octanol–water partition coefficient (Wildman–Crippen LogP) is 3.80. The Labute approximate surface area is 154 Å². The minimum Gasteiger partial charge on any atom is -0.334 e. The molecule has 1 aromatic heterocycles. The van der Waals surface area contributed by atoms with Crippen molar-refractivity contribution >= 4 is 6.03 Å². The van der Waals surface area contributed by atoms with Crippen molar-refractivity contribution in [1.82, 2.24) is 20.4 Å². The summed E-state index contributed by atoms with van der Waals surface area (Å²) < 4.78 is 1.91. The summed E-state index contributed by atoms with van der Waals surface area (Å²) in [6, 6.07) is 17.9. The van der Waals surface area contributed by atoms with E-state index in [0.29, 0.717) is 13.1 Å². The quantitative estimate of drug-likeness (QED) is 0.737. The van der Waals surface area contributed by atoms with Gasteiger partial charge in [-0.05, 0) is 38.5 Å². The van der Waals surface area contributed by atoms with Gasteiger partial charge in [-0.3, -0.25) is 0 Å². The Hall–Kier alpha value is -3.08. The first-order valence-electron chi connectivity index (χ1n) is 8.72. The van der Waals surface area contributed by atoms with Crippen LogP contribution in [0.3, 0.4) is 0 Å². The van der Waals surface area contributed by atoms with Crippen molar-refractivity contribution in [3.63, 3.8) is 0 Å². The molecule has 5 heteroatoms. The lowest BCUT2D eigenvalue weighted by molar-refractivity contribution is 0.240. The Kier molecular flexibility index (Phi) is 5.37. The normalized spacial score (nSPS) is 10.6. The monoisotopic (exact) mass is 348 g/mol.